The second-order valence-corrected chi connectivity index (χ2v) is 8.48. The van der Waals surface area contributed by atoms with Crippen molar-refractivity contribution in [3.05, 3.63) is 63.6 Å². The fraction of sp³-hybridized carbons (Fsp3) is 0.222. The van der Waals surface area contributed by atoms with E-state index in [-0.39, 0.29) is 12.3 Å². The Hall–Kier alpha value is -1.70. The molecule has 1 aliphatic heterocycles. The number of rotatable bonds is 3. The van der Waals surface area contributed by atoms with Crippen molar-refractivity contribution in [2.24, 2.45) is 4.99 Å². The maximum absolute atomic E-state index is 12.9. The number of nitrogens with one attached hydrogen (secondary N) is 1. The molecular weight excluding hydrogens is 420 g/mol. The van der Waals surface area contributed by atoms with Gasteiger partial charge in [-0.1, -0.05) is 53.2 Å². The van der Waals surface area contributed by atoms with Gasteiger partial charge in [-0.05, 0) is 43.2 Å². The van der Waals surface area contributed by atoms with Gasteiger partial charge < -0.3 is 5.32 Å². The molecule has 3 nitrogen and oxygen atoms in total. The molecule has 1 fully saturated rings. The summed E-state index contributed by atoms with van der Waals surface area (Å²) in [6.07, 6.45) is -4.30. The Morgan fingerprint density at radius 2 is 1.89 bits per heavy atom. The minimum absolute atomic E-state index is 0.133. The van der Waals surface area contributed by atoms with Gasteiger partial charge in [0, 0.05) is 0 Å². The zero-order chi connectivity index (χ0) is 19.8. The van der Waals surface area contributed by atoms with Gasteiger partial charge in [0.15, 0.2) is 5.17 Å². The number of halogens is 5. The Balaban J connectivity index is 1.81. The van der Waals surface area contributed by atoms with Crippen molar-refractivity contribution in [3.63, 3.8) is 0 Å². The van der Waals surface area contributed by atoms with Gasteiger partial charge >= 0.3 is 6.18 Å². The predicted molar refractivity (Wildman–Crippen MR) is 103 cm³/mol. The normalized spacial score (nSPS) is 21.6. The number of thioether (sulfide) groups is 1. The molecule has 9 heteroatoms. The van der Waals surface area contributed by atoms with Gasteiger partial charge in [-0.2, -0.15) is 13.2 Å². The average Bonchev–Trinajstić information content (AvgIpc) is 2.84. The molecule has 1 aliphatic rings. The summed E-state index contributed by atoms with van der Waals surface area (Å²) in [6.45, 7) is 1.67. The molecule has 0 aromatic heterocycles. The lowest BCUT2D eigenvalue weighted by Crippen LogP contribution is -2.35. The lowest BCUT2D eigenvalue weighted by atomic mass is 9.98. The lowest BCUT2D eigenvalue weighted by Gasteiger charge is -2.19. The molecule has 1 amide bonds. The van der Waals surface area contributed by atoms with E-state index in [4.69, 9.17) is 23.2 Å². The third kappa shape index (κ3) is 4.59. The Morgan fingerprint density at radius 3 is 2.56 bits per heavy atom. The van der Waals surface area contributed by atoms with Gasteiger partial charge in [0.05, 0.1) is 21.3 Å². The standard InChI is InChI=1S/C18H13Cl2F3N2OS/c1-17(9-10-3-2-4-11(7-10)18(21,22)23)15(26)25-16(27-17)24-12-5-6-13(19)14(20)8-12/h2-8H,9H2,1H3,(H,24,25,26). The van der Waals surface area contributed by atoms with Gasteiger partial charge in [-0.25, -0.2) is 4.99 Å². The van der Waals surface area contributed by atoms with E-state index in [0.717, 1.165) is 12.1 Å². The number of aliphatic imine (C=N–C) groups is 1. The first-order valence-electron chi connectivity index (χ1n) is 7.77. The molecule has 27 heavy (non-hydrogen) atoms. The van der Waals surface area contributed by atoms with E-state index in [9.17, 15) is 18.0 Å². The molecule has 1 atom stereocenters. The predicted octanol–water partition coefficient (Wildman–Crippen LogP) is 5.86. The molecule has 2 aromatic carbocycles. The lowest BCUT2D eigenvalue weighted by molar-refractivity contribution is -0.137. The maximum Gasteiger partial charge on any atom is 0.416 e. The summed E-state index contributed by atoms with van der Waals surface area (Å²) in [6, 6.07) is 9.78. The molecule has 2 aromatic rings. The summed E-state index contributed by atoms with van der Waals surface area (Å²) in [5.74, 6) is -0.316. The summed E-state index contributed by atoms with van der Waals surface area (Å²) >= 11 is 13.0. The number of carbonyl (C=O) groups is 1. The van der Waals surface area contributed by atoms with Crippen LogP contribution in [0.3, 0.4) is 0 Å². The second kappa shape index (κ2) is 7.37. The number of alkyl halides is 3. The summed E-state index contributed by atoms with van der Waals surface area (Å²) in [5, 5.41) is 3.74. The number of benzene rings is 2. The first-order chi connectivity index (χ1) is 12.6. The van der Waals surface area contributed by atoms with E-state index in [1.54, 1.807) is 31.2 Å². The molecule has 0 radical (unpaired) electrons. The van der Waals surface area contributed by atoms with E-state index < -0.39 is 16.5 Å². The van der Waals surface area contributed by atoms with Crippen molar-refractivity contribution in [2.75, 3.05) is 0 Å². The van der Waals surface area contributed by atoms with Crippen LogP contribution in [0.2, 0.25) is 10.0 Å². The van der Waals surface area contributed by atoms with Crippen LogP contribution in [0, 0.1) is 0 Å². The van der Waals surface area contributed by atoms with E-state index in [1.165, 1.54) is 17.8 Å². The number of nitrogens with zero attached hydrogens (tertiary/aromatic N) is 1. The number of amides is 1. The molecule has 0 saturated carbocycles. The van der Waals surface area contributed by atoms with Crippen LogP contribution in [0.15, 0.2) is 47.5 Å². The average molecular weight is 433 g/mol. The molecular formula is C18H13Cl2F3N2OS. The van der Waals surface area contributed by atoms with Crippen LogP contribution in [0.5, 0.6) is 0 Å². The Kier molecular flexibility index (Phi) is 5.47. The van der Waals surface area contributed by atoms with Gasteiger partial charge in [0.2, 0.25) is 5.91 Å². The van der Waals surface area contributed by atoms with Crippen molar-refractivity contribution in [2.45, 2.75) is 24.3 Å². The first-order valence-corrected chi connectivity index (χ1v) is 9.34. The van der Waals surface area contributed by atoms with Crippen molar-refractivity contribution < 1.29 is 18.0 Å². The van der Waals surface area contributed by atoms with Gasteiger partial charge in [-0.15, -0.1) is 0 Å². The fourth-order valence-corrected chi connectivity index (χ4v) is 4.00. The van der Waals surface area contributed by atoms with Crippen molar-refractivity contribution in [1.82, 2.24) is 5.32 Å². The van der Waals surface area contributed by atoms with Crippen molar-refractivity contribution >= 4 is 51.7 Å². The Labute approximate surface area is 168 Å². The molecule has 0 spiro atoms. The molecule has 1 N–H and O–H groups in total. The van der Waals surface area contributed by atoms with E-state index in [1.807, 2.05) is 0 Å². The molecule has 142 valence electrons. The molecule has 0 bridgehead atoms. The smallest absolute Gasteiger partial charge is 0.304 e. The molecule has 0 aliphatic carbocycles. The minimum atomic E-state index is -4.43. The number of carbonyl (C=O) groups excluding carboxylic acids is 1. The van der Waals surface area contributed by atoms with Crippen LogP contribution in [-0.2, 0) is 17.4 Å². The van der Waals surface area contributed by atoms with Crippen LogP contribution < -0.4 is 5.32 Å². The summed E-state index contributed by atoms with van der Waals surface area (Å²) in [4.78, 5) is 16.8. The molecule has 1 saturated heterocycles. The highest BCUT2D eigenvalue weighted by Crippen LogP contribution is 2.38. The third-order valence-corrected chi connectivity index (χ3v) is 5.86. The van der Waals surface area contributed by atoms with Crippen LogP contribution >= 0.6 is 35.0 Å². The van der Waals surface area contributed by atoms with E-state index >= 15 is 0 Å². The van der Waals surface area contributed by atoms with Gasteiger partial charge in [0.25, 0.3) is 0 Å². The zero-order valence-electron chi connectivity index (χ0n) is 13.9. The van der Waals surface area contributed by atoms with Crippen LogP contribution in [0.1, 0.15) is 18.1 Å². The maximum atomic E-state index is 12.9. The molecule has 1 heterocycles. The van der Waals surface area contributed by atoms with Gasteiger partial charge in [-0.3, -0.25) is 4.79 Å². The zero-order valence-corrected chi connectivity index (χ0v) is 16.2. The fourth-order valence-electron chi connectivity index (χ4n) is 2.60. The van der Waals surface area contributed by atoms with Crippen molar-refractivity contribution in [3.8, 4) is 0 Å². The highest BCUT2D eigenvalue weighted by Gasteiger charge is 2.43. The summed E-state index contributed by atoms with van der Waals surface area (Å²) < 4.78 is 37.7. The number of hydrogen-bond acceptors (Lipinski definition) is 3. The van der Waals surface area contributed by atoms with Crippen LogP contribution in [-0.4, -0.2) is 15.8 Å². The quantitative estimate of drug-likeness (QED) is 0.659. The number of amidine groups is 1. The summed E-state index contributed by atoms with van der Waals surface area (Å²) in [5.41, 5.74) is 0.193. The second-order valence-electron chi connectivity index (χ2n) is 6.18. The van der Waals surface area contributed by atoms with Gasteiger partial charge in [0.1, 0.15) is 4.75 Å². The van der Waals surface area contributed by atoms with Crippen molar-refractivity contribution in [1.29, 1.82) is 0 Å². The van der Waals surface area contributed by atoms with E-state index in [0.29, 0.717) is 26.5 Å². The topological polar surface area (TPSA) is 41.5 Å². The highest BCUT2D eigenvalue weighted by molar-refractivity contribution is 8.16. The minimum Gasteiger partial charge on any atom is -0.304 e. The molecule has 3 rings (SSSR count). The monoisotopic (exact) mass is 432 g/mol. The SMILES string of the molecule is CC1(Cc2cccc(C(F)(F)F)c2)SC(=Nc2ccc(Cl)c(Cl)c2)NC1=O. The Morgan fingerprint density at radius 1 is 1.15 bits per heavy atom. The first kappa shape index (κ1) is 20.0. The number of hydrogen-bond donors (Lipinski definition) is 1. The largest absolute Gasteiger partial charge is 0.416 e. The van der Waals surface area contributed by atoms with Crippen LogP contribution in [0.25, 0.3) is 0 Å². The third-order valence-electron chi connectivity index (χ3n) is 3.95. The highest BCUT2D eigenvalue weighted by atomic mass is 35.5. The van der Waals surface area contributed by atoms with E-state index in [2.05, 4.69) is 10.3 Å². The van der Waals surface area contributed by atoms with Crippen LogP contribution in [0.4, 0.5) is 18.9 Å². The Bertz CT molecular complexity index is 933. The molecule has 1 unspecified atom stereocenters. The summed E-state index contributed by atoms with van der Waals surface area (Å²) in [7, 11) is 0.